The summed E-state index contributed by atoms with van der Waals surface area (Å²) in [7, 11) is 1.65. The van der Waals surface area contributed by atoms with Gasteiger partial charge in [-0.05, 0) is 31.9 Å². The van der Waals surface area contributed by atoms with Crippen molar-refractivity contribution in [1.82, 2.24) is 0 Å². The van der Waals surface area contributed by atoms with E-state index in [-0.39, 0.29) is 36.1 Å². The fraction of sp³-hybridized carbons (Fsp3) is 0.704. The third-order valence-corrected chi connectivity index (χ3v) is 6.79. The van der Waals surface area contributed by atoms with Crippen LogP contribution in [0.25, 0.3) is 0 Å². The second-order valence-corrected chi connectivity index (χ2v) is 8.99. The lowest BCUT2D eigenvalue weighted by molar-refractivity contribution is -0.299. The summed E-state index contributed by atoms with van der Waals surface area (Å²) in [6.45, 7) is 16.1. The third-order valence-electron chi connectivity index (χ3n) is 6.79. The lowest BCUT2D eigenvalue weighted by atomic mass is 9.78. The van der Waals surface area contributed by atoms with Crippen LogP contribution in [0.5, 0.6) is 5.75 Å². The number of aliphatic hydroxyl groups is 1. The average Bonchev–Trinajstić information content (AvgIpc) is 2.83. The van der Waals surface area contributed by atoms with Gasteiger partial charge in [0.25, 0.3) is 0 Å². The van der Waals surface area contributed by atoms with E-state index in [1.54, 1.807) is 13.2 Å². The summed E-state index contributed by atoms with van der Waals surface area (Å²) in [6, 6.07) is 7.77. The zero-order valence-corrected chi connectivity index (χ0v) is 21.2. The van der Waals surface area contributed by atoms with Crippen molar-refractivity contribution in [3.05, 3.63) is 42.5 Å². The summed E-state index contributed by atoms with van der Waals surface area (Å²) >= 11 is 0. The Balaban J connectivity index is 2.26. The molecule has 188 valence electrons. The van der Waals surface area contributed by atoms with E-state index in [2.05, 4.69) is 27.4 Å². The standard InChI is InChI=1S/C27H44O6/c1-8-11-23(28)18(4)25-20(6)26(19(5)24(9-2)31-17-16-30-10-3)33-27(32-25)21-12-14-22(29-7)15-13-21/h8,12-15,18-20,23-28H,1,9-11,16-17H2,2-7H3/t18-,19+,20+,23-,24-,25-,26+,27-/m0/s1. The van der Waals surface area contributed by atoms with Crippen molar-refractivity contribution in [1.29, 1.82) is 0 Å². The second kappa shape index (κ2) is 14.1. The van der Waals surface area contributed by atoms with E-state index in [9.17, 15) is 5.11 Å². The molecular formula is C27H44O6. The van der Waals surface area contributed by atoms with Crippen molar-refractivity contribution in [3.8, 4) is 5.75 Å². The van der Waals surface area contributed by atoms with E-state index >= 15 is 0 Å². The number of hydrogen-bond donors (Lipinski definition) is 1. The van der Waals surface area contributed by atoms with Crippen molar-refractivity contribution in [2.24, 2.45) is 17.8 Å². The highest BCUT2D eigenvalue weighted by Gasteiger charge is 2.45. The van der Waals surface area contributed by atoms with Crippen molar-refractivity contribution >= 4 is 0 Å². The van der Waals surface area contributed by atoms with Crippen LogP contribution in [0, 0.1) is 17.8 Å². The van der Waals surface area contributed by atoms with E-state index in [4.69, 9.17) is 23.7 Å². The van der Waals surface area contributed by atoms with Crippen LogP contribution >= 0.6 is 0 Å². The summed E-state index contributed by atoms with van der Waals surface area (Å²) in [5.41, 5.74) is 0.931. The minimum atomic E-state index is -0.524. The fourth-order valence-corrected chi connectivity index (χ4v) is 4.74. The van der Waals surface area contributed by atoms with Gasteiger partial charge in [-0.2, -0.15) is 0 Å². The quantitative estimate of drug-likeness (QED) is 0.303. The Bertz CT molecular complexity index is 678. The Morgan fingerprint density at radius 3 is 2.24 bits per heavy atom. The first-order valence-corrected chi connectivity index (χ1v) is 12.3. The van der Waals surface area contributed by atoms with E-state index in [1.165, 1.54) is 0 Å². The molecule has 0 unspecified atom stereocenters. The normalized spacial score (nSPS) is 26.9. The molecule has 1 N–H and O–H groups in total. The Morgan fingerprint density at radius 1 is 1.06 bits per heavy atom. The van der Waals surface area contributed by atoms with Crippen LogP contribution in [-0.4, -0.2) is 56.5 Å². The molecule has 0 amide bonds. The number of benzene rings is 1. The zero-order chi connectivity index (χ0) is 24.4. The SMILES string of the molecule is C=CC[C@H](O)[C@H](C)[C@@H]1O[C@H](c2ccc(OC)cc2)O[C@H]([C@H](C)[C@H](CC)OCCOCC)[C@@H]1C. The molecule has 6 nitrogen and oxygen atoms in total. The van der Waals surface area contributed by atoms with Crippen LogP contribution in [0.1, 0.15) is 59.3 Å². The predicted molar refractivity (Wildman–Crippen MR) is 130 cm³/mol. The van der Waals surface area contributed by atoms with Crippen molar-refractivity contribution in [3.63, 3.8) is 0 Å². The molecule has 1 aliphatic heterocycles. The molecule has 0 radical (unpaired) electrons. The second-order valence-electron chi connectivity index (χ2n) is 8.99. The maximum atomic E-state index is 10.7. The van der Waals surface area contributed by atoms with Crippen LogP contribution in [0.2, 0.25) is 0 Å². The van der Waals surface area contributed by atoms with Gasteiger partial charge in [-0.15, -0.1) is 6.58 Å². The minimum Gasteiger partial charge on any atom is -0.497 e. The molecule has 0 aliphatic carbocycles. The van der Waals surface area contributed by atoms with Gasteiger partial charge in [-0.1, -0.05) is 45.9 Å². The van der Waals surface area contributed by atoms with Crippen LogP contribution in [0.15, 0.2) is 36.9 Å². The smallest absolute Gasteiger partial charge is 0.184 e. The third kappa shape index (κ3) is 7.52. The molecule has 0 spiro atoms. The summed E-state index contributed by atoms with van der Waals surface area (Å²) in [4.78, 5) is 0. The van der Waals surface area contributed by atoms with Gasteiger partial charge in [0.15, 0.2) is 6.29 Å². The van der Waals surface area contributed by atoms with Gasteiger partial charge in [-0.25, -0.2) is 0 Å². The first kappa shape index (κ1) is 27.8. The van der Waals surface area contributed by atoms with Crippen LogP contribution in [-0.2, 0) is 18.9 Å². The zero-order valence-electron chi connectivity index (χ0n) is 21.2. The molecule has 2 rings (SSSR count). The molecule has 1 aromatic rings. The highest BCUT2D eigenvalue weighted by atomic mass is 16.7. The summed E-state index contributed by atoms with van der Waals surface area (Å²) in [5, 5.41) is 10.7. The monoisotopic (exact) mass is 464 g/mol. The van der Waals surface area contributed by atoms with Crippen LogP contribution in [0.4, 0.5) is 0 Å². The molecule has 1 fully saturated rings. The lowest BCUT2D eigenvalue weighted by Gasteiger charge is -2.47. The molecule has 0 saturated carbocycles. The van der Waals surface area contributed by atoms with E-state index < -0.39 is 12.4 Å². The highest BCUT2D eigenvalue weighted by Crippen LogP contribution is 2.41. The van der Waals surface area contributed by atoms with Crippen molar-refractivity contribution in [2.45, 2.75) is 78.2 Å². The Morgan fingerprint density at radius 2 is 1.70 bits per heavy atom. The highest BCUT2D eigenvalue weighted by molar-refractivity contribution is 5.28. The summed E-state index contributed by atoms with van der Waals surface area (Å²) < 4.78 is 30.0. The van der Waals surface area contributed by atoms with Gasteiger partial charge in [0.1, 0.15) is 5.75 Å². The maximum Gasteiger partial charge on any atom is 0.184 e. The number of ether oxygens (including phenoxy) is 5. The van der Waals surface area contributed by atoms with Gasteiger partial charge in [0.2, 0.25) is 0 Å². The molecule has 1 saturated heterocycles. The molecule has 6 heteroatoms. The average molecular weight is 465 g/mol. The summed E-state index contributed by atoms with van der Waals surface area (Å²) in [6.07, 6.45) is 1.90. The number of methoxy groups -OCH3 is 1. The molecule has 33 heavy (non-hydrogen) atoms. The lowest BCUT2D eigenvalue weighted by Crippen LogP contribution is -2.51. The van der Waals surface area contributed by atoms with Crippen molar-refractivity contribution in [2.75, 3.05) is 26.9 Å². The molecule has 8 atom stereocenters. The van der Waals surface area contributed by atoms with Crippen molar-refractivity contribution < 1.29 is 28.8 Å². The largest absolute Gasteiger partial charge is 0.497 e. The van der Waals surface area contributed by atoms with Gasteiger partial charge in [0, 0.05) is 29.9 Å². The van der Waals surface area contributed by atoms with Gasteiger partial charge in [0.05, 0.1) is 44.7 Å². The van der Waals surface area contributed by atoms with E-state index in [0.29, 0.717) is 26.2 Å². The maximum absolute atomic E-state index is 10.7. The van der Waals surface area contributed by atoms with Gasteiger partial charge < -0.3 is 28.8 Å². The number of aliphatic hydroxyl groups excluding tert-OH is 1. The Hall–Kier alpha value is -1.44. The van der Waals surface area contributed by atoms with Crippen LogP contribution < -0.4 is 4.74 Å². The minimum absolute atomic E-state index is 0.0431. The molecular weight excluding hydrogens is 420 g/mol. The Kier molecular flexibility index (Phi) is 11.9. The fourth-order valence-electron chi connectivity index (χ4n) is 4.74. The molecule has 0 aromatic heterocycles. The van der Waals surface area contributed by atoms with Gasteiger partial charge >= 0.3 is 0 Å². The topological polar surface area (TPSA) is 66.4 Å². The molecule has 1 heterocycles. The first-order chi connectivity index (χ1) is 15.9. The Labute approximate surface area is 200 Å². The number of hydrogen-bond acceptors (Lipinski definition) is 6. The predicted octanol–water partition coefficient (Wildman–Crippen LogP) is 5.15. The van der Waals surface area contributed by atoms with E-state index in [1.807, 2.05) is 38.1 Å². The molecule has 1 aliphatic rings. The first-order valence-electron chi connectivity index (χ1n) is 12.3. The molecule has 1 aromatic carbocycles. The van der Waals surface area contributed by atoms with Crippen LogP contribution in [0.3, 0.4) is 0 Å². The summed E-state index contributed by atoms with van der Waals surface area (Å²) in [5.74, 6) is 0.931. The van der Waals surface area contributed by atoms with Gasteiger partial charge in [-0.3, -0.25) is 0 Å². The number of rotatable bonds is 14. The van der Waals surface area contributed by atoms with E-state index in [0.717, 1.165) is 17.7 Å². The molecule has 0 bridgehead atoms.